The molecule has 2 aliphatic heterocycles. The van der Waals surface area contributed by atoms with Crippen LogP contribution in [0.1, 0.15) is 12.0 Å². The van der Waals surface area contributed by atoms with Gasteiger partial charge >= 0.3 is 0 Å². The van der Waals surface area contributed by atoms with Gasteiger partial charge in [0.05, 0.1) is 36.5 Å². The van der Waals surface area contributed by atoms with Crippen LogP contribution in [0, 0.1) is 0 Å². The maximum absolute atomic E-state index is 11.7. The fourth-order valence-corrected chi connectivity index (χ4v) is 5.31. The normalized spacial score (nSPS) is 15.6. The van der Waals surface area contributed by atoms with Gasteiger partial charge in [0.2, 0.25) is 5.91 Å². The molecule has 36 heavy (non-hydrogen) atoms. The van der Waals surface area contributed by atoms with Gasteiger partial charge in [-0.25, -0.2) is 9.97 Å². The van der Waals surface area contributed by atoms with Gasteiger partial charge in [-0.1, -0.05) is 18.2 Å². The van der Waals surface area contributed by atoms with Crippen LogP contribution in [0.3, 0.4) is 0 Å². The Hall–Kier alpha value is -3.53. The number of anilines is 3. The molecule has 1 amide bonds. The van der Waals surface area contributed by atoms with Gasteiger partial charge in [-0.05, 0) is 47.7 Å². The van der Waals surface area contributed by atoms with E-state index in [9.17, 15) is 4.79 Å². The van der Waals surface area contributed by atoms with Crippen molar-refractivity contribution in [2.24, 2.45) is 0 Å². The van der Waals surface area contributed by atoms with Crippen LogP contribution in [0.4, 0.5) is 17.2 Å². The van der Waals surface area contributed by atoms with Crippen LogP contribution in [0.2, 0.25) is 0 Å². The number of thiophene rings is 1. The van der Waals surface area contributed by atoms with Crippen molar-refractivity contribution in [2.45, 2.75) is 12.8 Å². The van der Waals surface area contributed by atoms with Gasteiger partial charge in [0.25, 0.3) is 0 Å². The lowest BCUT2D eigenvalue weighted by Gasteiger charge is -2.26. The Bertz CT molecular complexity index is 1400. The lowest BCUT2D eigenvalue weighted by atomic mass is 10.1. The van der Waals surface area contributed by atoms with Gasteiger partial charge in [0.15, 0.2) is 11.6 Å². The topological polar surface area (TPSA) is 88.6 Å². The van der Waals surface area contributed by atoms with Crippen molar-refractivity contribution in [3.05, 3.63) is 59.5 Å². The Morgan fingerprint density at radius 2 is 2.03 bits per heavy atom. The number of benzene rings is 2. The zero-order valence-electron chi connectivity index (χ0n) is 19.8. The highest BCUT2D eigenvalue weighted by molar-refractivity contribution is 7.17. The van der Waals surface area contributed by atoms with Gasteiger partial charge in [0.1, 0.15) is 5.75 Å². The zero-order chi connectivity index (χ0) is 24.3. The molecule has 0 aliphatic carbocycles. The molecule has 8 nitrogen and oxygen atoms in total. The van der Waals surface area contributed by atoms with E-state index in [4.69, 9.17) is 19.4 Å². The lowest BCUT2D eigenvalue weighted by Crippen LogP contribution is -2.37. The Morgan fingerprint density at radius 1 is 1.11 bits per heavy atom. The minimum Gasteiger partial charge on any atom is -0.494 e. The standard InChI is InChI=1S/C27H27N5O3S/c33-24-16-18-5-6-20(17-23(18)29-24)28-27-25-22(7-14-36-25)30-26(31-27)19-3-1-4-21(15-19)35-11-2-8-32-9-12-34-13-10-32/h1,3-7,14-15,17H,2,8-13,16H2,(H,29,33)(H,28,30,31). The van der Waals surface area contributed by atoms with Gasteiger partial charge in [0, 0.05) is 36.6 Å². The maximum atomic E-state index is 11.7. The third-order valence-corrected chi connectivity index (χ3v) is 7.29. The highest BCUT2D eigenvalue weighted by Gasteiger charge is 2.18. The molecule has 2 N–H and O–H groups in total. The van der Waals surface area contributed by atoms with E-state index in [1.165, 1.54) is 0 Å². The van der Waals surface area contributed by atoms with Crippen molar-refractivity contribution in [3.63, 3.8) is 0 Å². The van der Waals surface area contributed by atoms with E-state index in [1.54, 1.807) is 11.3 Å². The first-order chi connectivity index (χ1) is 17.7. The zero-order valence-corrected chi connectivity index (χ0v) is 20.6. The monoisotopic (exact) mass is 501 g/mol. The summed E-state index contributed by atoms with van der Waals surface area (Å²) in [4.78, 5) is 23.8. The Labute approximate surface area is 213 Å². The summed E-state index contributed by atoms with van der Waals surface area (Å²) in [5, 5.41) is 8.37. The number of ether oxygens (including phenoxy) is 2. The summed E-state index contributed by atoms with van der Waals surface area (Å²) in [6.45, 7) is 5.30. The van der Waals surface area contributed by atoms with Crippen LogP contribution < -0.4 is 15.4 Å². The molecule has 2 aromatic carbocycles. The van der Waals surface area contributed by atoms with Crippen molar-refractivity contribution in [3.8, 4) is 17.1 Å². The molecule has 0 spiro atoms. The number of rotatable bonds is 8. The molecule has 6 rings (SSSR count). The molecule has 0 atom stereocenters. The van der Waals surface area contributed by atoms with Crippen LogP contribution in [-0.2, 0) is 16.0 Å². The van der Waals surface area contributed by atoms with Crippen LogP contribution in [0.15, 0.2) is 53.9 Å². The number of aromatic nitrogens is 2. The minimum absolute atomic E-state index is 0.0234. The second kappa shape index (κ2) is 10.2. The predicted octanol–water partition coefficient (Wildman–Crippen LogP) is 4.70. The van der Waals surface area contributed by atoms with Crippen LogP contribution in [0.5, 0.6) is 5.75 Å². The first-order valence-electron chi connectivity index (χ1n) is 12.2. The Kier molecular flexibility index (Phi) is 6.50. The number of carbonyl (C=O) groups is 1. The molecule has 1 fully saturated rings. The van der Waals surface area contributed by atoms with E-state index >= 15 is 0 Å². The second-order valence-corrected chi connectivity index (χ2v) is 9.85. The molecule has 2 aliphatic rings. The molecule has 9 heteroatoms. The van der Waals surface area contributed by atoms with Crippen LogP contribution in [-0.4, -0.2) is 60.2 Å². The van der Waals surface area contributed by atoms with Crippen molar-refractivity contribution >= 4 is 44.7 Å². The third kappa shape index (κ3) is 5.04. The number of morpholine rings is 1. The van der Waals surface area contributed by atoms with E-state index in [0.717, 1.165) is 83.6 Å². The number of carbonyl (C=O) groups excluding carboxylic acids is 1. The van der Waals surface area contributed by atoms with E-state index in [2.05, 4.69) is 15.5 Å². The number of amides is 1. The summed E-state index contributed by atoms with van der Waals surface area (Å²) >= 11 is 1.60. The summed E-state index contributed by atoms with van der Waals surface area (Å²) in [5.74, 6) is 2.21. The molecule has 0 bridgehead atoms. The molecule has 184 valence electrons. The summed E-state index contributed by atoms with van der Waals surface area (Å²) in [7, 11) is 0. The van der Waals surface area contributed by atoms with Crippen LogP contribution in [0.25, 0.3) is 21.6 Å². The average Bonchev–Trinajstić information content (AvgIpc) is 3.53. The van der Waals surface area contributed by atoms with E-state index < -0.39 is 0 Å². The first-order valence-corrected chi connectivity index (χ1v) is 13.1. The van der Waals surface area contributed by atoms with Crippen molar-refractivity contribution in [1.29, 1.82) is 0 Å². The lowest BCUT2D eigenvalue weighted by molar-refractivity contribution is -0.115. The van der Waals surface area contributed by atoms with Gasteiger partial charge < -0.3 is 20.1 Å². The molecule has 4 heterocycles. The smallest absolute Gasteiger partial charge is 0.228 e. The molecular formula is C27H27N5O3S. The molecule has 4 aromatic rings. The van der Waals surface area contributed by atoms with E-state index in [1.807, 2.05) is 53.9 Å². The summed E-state index contributed by atoms with van der Waals surface area (Å²) in [6, 6.07) is 15.9. The molecule has 0 radical (unpaired) electrons. The van der Waals surface area contributed by atoms with Crippen molar-refractivity contribution < 1.29 is 14.3 Å². The molecule has 0 unspecified atom stereocenters. The summed E-state index contributed by atoms with van der Waals surface area (Å²) < 4.78 is 12.4. The van der Waals surface area contributed by atoms with Crippen molar-refractivity contribution in [1.82, 2.24) is 14.9 Å². The fourth-order valence-electron chi connectivity index (χ4n) is 4.53. The molecule has 1 saturated heterocycles. The SMILES string of the molecule is O=C1Cc2ccc(Nc3nc(-c4cccc(OCCCN5CCOCC5)c4)nc4ccsc34)cc2N1. The van der Waals surface area contributed by atoms with E-state index in [0.29, 0.717) is 18.9 Å². The molecular weight excluding hydrogens is 474 g/mol. The summed E-state index contributed by atoms with van der Waals surface area (Å²) in [6.07, 6.45) is 1.39. The van der Waals surface area contributed by atoms with Crippen LogP contribution >= 0.6 is 11.3 Å². The maximum Gasteiger partial charge on any atom is 0.228 e. The Morgan fingerprint density at radius 3 is 2.94 bits per heavy atom. The highest BCUT2D eigenvalue weighted by Crippen LogP contribution is 2.33. The van der Waals surface area contributed by atoms with Gasteiger partial charge in [-0.3, -0.25) is 9.69 Å². The number of hydrogen-bond acceptors (Lipinski definition) is 8. The minimum atomic E-state index is 0.0234. The van der Waals surface area contributed by atoms with Gasteiger partial charge in [-0.15, -0.1) is 11.3 Å². The number of fused-ring (bicyclic) bond motifs is 2. The number of nitrogens with one attached hydrogen (secondary N) is 2. The average molecular weight is 502 g/mol. The van der Waals surface area contributed by atoms with Gasteiger partial charge in [-0.2, -0.15) is 0 Å². The predicted molar refractivity (Wildman–Crippen MR) is 142 cm³/mol. The quantitative estimate of drug-likeness (QED) is 0.339. The fraction of sp³-hybridized carbons (Fsp3) is 0.296. The third-order valence-electron chi connectivity index (χ3n) is 6.38. The van der Waals surface area contributed by atoms with Crippen molar-refractivity contribution in [2.75, 3.05) is 50.1 Å². The second-order valence-electron chi connectivity index (χ2n) is 8.94. The first kappa shape index (κ1) is 22.9. The largest absolute Gasteiger partial charge is 0.494 e. The molecule has 2 aromatic heterocycles. The highest BCUT2D eigenvalue weighted by atomic mass is 32.1. The Balaban J connectivity index is 1.19. The molecule has 0 saturated carbocycles. The summed E-state index contributed by atoms with van der Waals surface area (Å²) in [5.41, 5.74) is 4.52. The van der Waals surface area contributed by atoms with E-state index in [-0.39, 0.29) is 5.91 Å². The number of hydrogen-bond donors (Lipinski definition) is 2. The number of nitrogens with zero attached hydrogens (tertiary/aromatic N) is 3.